The predicted octanol–water partition coefficient (Wildman–Crippen LogP) is 2.77. The molecule has 1 aromatic heterocycles. The van der Waals surface area contributed by atoms with E-state index in [1.807, 2.05) is 41.3 Å². The molecule has 1 fully saturated rings. The molecule has 0 bridgehead atoms. The number of amides is 1. The highest BCUT2D eigenvalue weighted by molar-refractivity contribution is 7.91. The van der Waals surface area contributed by atoms with Gasteiger partial charge >= 0.3 is 0 Å². The van der Waals surface area contributed by atoms with E-state index in [1.54, 1.807) is 25.3 Å². The normalized spacial score (nSPS) is 20.4. The first-order valence-electron chi connectivity index (χ1n) is 13.1. The molecule has 10 nitrogen and oxygen atoms in total. The monoisotopic (exact) mass is 563 g/mol. The minimum Gasteiger partial charge on any atom is -0.508 e. The number of hydrogen-bond donors (Lipinski definition) is 3. The number of nitrogens with zero attached hydrogens (tertiary/aromatic N) is 4. The van der Waals surface area contributed by atoms with E-state index in [-0.39, 0.29) is 24.0 Å². The Morgan fingerprint density at radius 1 is 1.07 bits per heavy atom. The number of piperazine rings is 1. The van der Waals surface area contributed by atoms with Gasteiger partial charge in [0.1, 0.15) is 16.2 Å². The number of hydrazone groups is 1. The van der Waals surface area contributed by atoms with Crippen molar-refractivity contribution in [3.8, 4) is 11.5 Å². The van der Waals surface area contributed by atoms with Crippen molar-refractivity contribution in [2.75, 3.05) is 32.7 Å². The second-order valence-corrected chi connectivity index (χ2v) is 12.6. The van der Waals surface area contributed by atoms with Crippen molar-refractivity contribution in [3.05, 3.63) is 84.1 Å². The highest BCUT2D eigenvalue weighted by atomic mass is 32.2. The van der Waals surface area contributed by atoms with Crippen molar-refractivity contribution in [3.63, 3.8) is 0 Å². The number of phenols is 2. The molecule has 1 amide bonds. The molecule has 3 aromatic rings. The molecular weight excluding hydrogens is 530 g/mol. The third-order valence-electron chi connectivity index (χ3n) is 7.46. The Kier molecular flexibility index (Phi) is 7.79. The first kappa shape index (κ1) is 27.6. The Bertz CT molecular complexity index is 1600. The summed E-state index contributed by atoms with van der Waals surface area (Å²) in [6.07, 6.45) is 10.8. The predicted molar refractivity (Wildman–Crippen MR) is 155 cm³/mol. The molecule has 1 aliphatic heterocycles. The molecule has 210 valence electrons. The van der Waals surface area contributed by atoms with Crippen LogP contribution in [0.4, 0.5) is 0 Å². The fourth-order valence-corrected chi connectivity index (χ4v) is 6.76. The SMILES string of the molecule is CC1(S(=O)(=O)n2cc(CN3CCN(CC(=O)N/N=C\c4ccc(O)cc4O)CC3)c3ccccc32)C=CC=CC1. The van der Waals surface area contributed by atoms with Gasteiger partial charge in [-0.2, -0.15) is 5.10 Å². The van der Waals surface area contributed by atoms with Crippen LogP contribution in [0.3, 0.4) is 0 Å². The third-order valence-corrected chi connectivity index (χ3v) is 9.76. The number of fused-ring (bicyclic) bond motifs is 1. The van der Waals surface area contributed by atoms with Crippen LogP contribution in [-0.2, 0) is 21.4 Å². The number of allylic oxidation sites excluding steroid dienone is 3. The molecule has 0 spiro atoms. The van der Waals surface area contributed by atoms with Gasteiger partial charge in [0.25, 0.3) is 5.91 Å². The first-order valence-corrected chi connectivity index (χ1v) is 14.6. The molecule has 11 heteroatoms. The van der Waals surface area contributed by atoms with Crippen LogP contribution in [0.1, 0.15) is 24.5 Å². The van der Waals surface area contributed by atoms with Crippen LogP contribution in [0.15, 0.2) is 78.1 Å². The van der Waals surface area contributed by atoms with Gasteiger partial charge in [0.05, 0.1) is 18.3 Å². The Morgan fingerprint density at radius 2 is 1.82 bits per heavy atom. The average Bonchev–Trinajstić information content (AvgIpc) is 3.30. The topological polar surface area (TPSA) is 127 Å². The maximum atomic E-state index is 13.7. The fraction of sp³-hybridized carbons (Fsp3) is 0.310. The zero-order valence-corrected chi connectivity index (χ0v) is 23.1. The lowest BCUT2D eigenvalue weighted by Crippen LogP contribution is -2.48. The Labute approximate surface area is 233 Å². The average molecular weight is 564 g/mol. The zero-order valence-electron chi connectivity index (χ0n) is 22.3. The van der Waals surface area contributed by atoms with Gasteiger partial charge in [0.2, 0.25) is 10.0 Å². The van der Waals surface area contributed by atoms with Crippen molar-refractivity contribution in [2.45, 2.75) is 24.6 Å². The quantitative estimate of drug-likeness (QED) is 0.284. The number of carbonyl (C=O) groups is 1. The van der Waals surface area contributed by atoms with Crippen molar-refractivity contribution in [1.82, 2.24) is 19.2 Å². The summed E-state index contributed by atoms with van der Waals surface area (Å²) in [5.74, 6) is -0.458. The summed E-state index contributed by atoms with van der Waals surface area (Å²) in [7, 11) is -3.69. The summed E-state index contributed by atoms with van der Waals surface area (Å²) in [5.41, 5.74) is 4.48. The lowest BCUT2D eigenvalue weighted by molar-refractivity contribution is -0.122. The summed E-state index contributed by atoms with van der Waals surface area (Å²) in [4.78, 5) is 16.7. The maximum absolute atomic E-state index is 13.7. The van der Waals surface area contributed by atoms with Crippen LogP contribution in [0, 0.1) is 0 Å². The Balaban J connectivity index is 1.19. The molecule has 2 aromatic carbocycles. The number of carbonyl (C=O) groups excluding carboxylic acids is 1. The molecule has 0 radical (unpaired) electrons. The number of hydrogen-bond acceptors (Lipinski definition) is 8. The van der Waals surface area contributed by atoms with Crippen LogP contribution in [-0.4, -0.2) is 82.0 Å². The molecule has 1 saturated heterocycles. The summed E-state index contributed by atoms with van der Waals surface area (Å²) < 4.78 is 27.9. The van der Waals surface area contributed by atoms with Gasteiger partial charge < -0.3 is 10.2 Å². The molecule has 40 heavy (non-hydrogen) atoms. The lowest BCUT2D eigenvalue weighted by Gasteiger charge is -2.34. The van der Waals surface area contributed by atoms with Gasteiger partial charge in [-0.15, -0.1) is 0 Å². The maximum Gasteiger partial charge on any atom is 0.254 e. The van der Waals surface area contributed by atoms with Crippen LogP contribution in [0.5, 0.6) is 11.5 Å². The summed E-state index contributed by atoms with van der Waals surface area (Å²) >= 11 is 0. The highest BCUT2D eigenvalue weighted by Gasteiger charge is 2.39. The van der Waals surface area contributed by atoms with E-state index in [2.05, 4.69) is 15.4 Å². The Hall–Kier alpha value is -3.93. The van der Waals surface area contributed by atoms with Crippen LogP contribution in [0.25, 0.3) is 10.9 Å². The van der Waals surface area contributed by atoms with Crippen molar-refractivity contribution >= 4 is 33.0 Å². The van der Waals surface area contributed by atoms with Gasteiger partial charge in [0, 0.05) is 55.9 Å². The molecule has 2 aliphatic rings. The van der Waals surface area contributed by atoms with E-state index in [1.165, 1.54) is 28.4 Å². The summed E-state index contributed by atoms with van der Waals surface area (Å²) in [5, 5.41) is 24.0. The van der Waals surface area contributed by atoms with Crippen molar-refractivity contribution in [1.29, 1.82) is 0 Å². The molecule has 1 atom stereocenters. The molecule has 0 saturated carbocycles. The van der Waals surface area contributed by atoms with Gasteiger partial charge in [-0.1, -0.05) is 42.5 Å². The smallest absolute Gasteiger partial charge is 0.254 e. The van der Waals surface area contributed by atoms with Gasteiger partial charge in [-0.3, -0.25) is 14.6 Å². The van der Waals surface area contributed by atoms with Crippen LogP contribution < -0.4 is 5.43 Å². The standard InChI is InChI=1S/C29H33N5O5S/c1-29(11-5-2-6-12-29)40(38,39)34-20-23(25-7-3-4-8-26(25)34)19-32-13-15-33(16-14-32)21-28(37)31-30-18-22-9-10-24(35)17-27(22)36/h2-11,17-18,20,35-36H,12-16,19,21H2,1H3,(H,31,37)/b30-18-. The van der Waals surface area contributed by atoms with Gasteiger partial charge in [-0.25, -0.2) is 17.8 Å². The van der Waals surface area contributed by atoms with Crippen molar-refractivity contribution in [2.24, 2.45) is 5.10 Å². The lowest BCUT2D eigenvalue weighted by atomic mass is 10.0. The minimum absolute atomic E-state index is 0.0579. The molecule has 3 N–H and O–H groups in total. The fourth-order valence-electron chi connectivity index (χ4n) is 5.07. The first-order chi connectivity index (χ1) is 19.2. The minimum atomic E-state index is -3.69. The highest BCUT2D eigenvalue weighted by Crippen LogP contribution is 2.33. The third kappa shape index (κ3) is 5.67. The Morgan fingerprint density at radius 3 is 2.55 bits per heavy atom. The van der Waals surface area contributed by atoms with E-state index in [0.29, 0.717) is 37.1 Å². The van der Waals surface area contributed by atoms with Crippen molar-refractivity contribution < 1.29 is 23.4 Å². The number of benzene rings is 2. The number of aromatic hydroxyl groups is 2. The second kappa shape index (κ2) is 11.3. The van der Waals surface area contributed by atoms with E-state index in [0.717, 1.165) is 24.0 Å². The number of rotatable bonds is 8. The molecule has 5 rings (SSSR count). The van der Waals surface area contributed by atoms with E-state index in [4.69, 9.17) is 0 Å². The van der Waals surface area contributed by atoms with Crippen LogP contribution in [0.2, 0.25) is 0 Å². The van der Waals surface area contributed by atoms with E-state index >= 15 is 0 Å². The van der Waals surface area contributed by atoms with Crippen LogP contribution >= 0.6 is 0 Å². The number of aromatic nitrogens is 1. The summed E-state index contributed by atoms with van der Waals surface area (Å²) in [6.45, 7) is 5.38. The molecule has 2 heterocycles. The molecule has 1 unspecified atom stereocenters. The zero-order chi connectivity index (χ0) is 28.3. The summed E-state index contributed by atoms with van der Waals surface area (Å²) in [6, 6.07) is 11.7. The molecular formula is C29H33N5O5S. The van der Waals surface area contributed by atoms with E-state index < -0.39 is 14.8 Å². The number of para-hydroxylation sites is 1. The van der Waals surface area contributed by atoms with Gasteiger partial charge in [0.15, 0.2) is 0 Å². The number of nitrogens with one attached hydrogen (secondary N) is 1. The number of phenolic OH excluding ortho intramolecular Hbond substituents is 2. The largest absolute Gasteiger partial charge is 0.508 e. The molecule has 1 aliphatic carbocycles. The second-order valence-electron chi connectivity index (χ2n) is 10.4. The van der Waals surface area contributed by atoms with Gasteiger partial charge in [-0.05, 0) is 37.1 Å². The van der Waals surface area contributed by atoms with E-state index in [9.17, 15) is 23.4 Å².